The van der Waals surface area contributed by atoms with Gasteiger partial charge < -0.3 is 14.6 Å². The number of aromatic nitrogens is 3. The number of nitrogens with one attached hydrogen (secondary N) is 2. The first-order chi connectivity index (χ1) is 12.3. The van der Waals surface area contributed by atoms with Crippen molar-refractivity contribution in [2.24, 2.45) is 5.92 Å². The molecule has 128 valence electrons. The van der Waals surface area contributed by atoms with Gasteiger partial charge in [-0.2, -0.15) is 5.10 Å². The first-order valence-electron chi connectivity index (χ1n) is 8.69. The van der Waals surface area contributed by atoms with Crippen molar-refractivity contribution >= 4 is 16.8 Å². The van der Waals surface area contributed by atoms with E-state index >= 15 is 0 Å². The molecule has 5 heterocycles. The molecule has 0 saturated carbocycles. The van der Waals surface area contributed by atoms with E-state index in [0.29, 0.717) is 17.5 Å². The first-order valence-corrected chi connectivity index (χ1v) is 8.69. The van der Waals surface area contributed by atoms with Crippen LogP contribution in [0.25, 0.3) is 22.4 Å². The Morgan fingerprint density at radius 1 is 1.32 bits per heavy atom. The van der Waals surface area contributed by atoms with E-state index in [1.807, 2.05) is 18.2 Å². The van der Waals surface area contributed by atoms with Gasteiger partial charge in [0.25, 0.3) is 5.91 Å². The molecule has 6 rings (SSSR count). The summed E-state index contributed by atoms with van der Waals surface area (Å²) in [6.45, 7) is 3.27. The zero-order valence-corrected chi connectivity index (χ0v) is 13.7. The predicted octanol–water partition coefficient (Wildman–Crippen LogP) is 2.04. The number of oxazole rings is 1. The zero-order valence-electron chi connectivity index (χ0n) is 13.7. The van der Waals surface area contributed by atoms with Gasteiger partial charge in [-0.15, -0.1) is 0 Å². The number of hydrogen-bond acceptors (Lipinski definition) is 5. The number of nitrogens with zero attached hydrogens (tertiary/aromatic N) is 3. The van der Waals surface area contributed by atoms with Crippen LogP contribution in [0.2, 0.25) is 0 Å². The fourth-order valence-electron chi connectivity index (χ4n) is 4.06. The van der Waals surface area contributed by atoms with E-state index in [-0.39, 0.29) is 11.9 Å². The van der Waals surface area contributed by atoms with E-state index in [1.165, 1.54) is 12.8 Å². The molecule has 3 fully saturated rings. The van der Waals surface area contributed by atoms with Crippen molar-refractivity contribution in [3.8, 4) is 11.5 Å². The Kier molecular flexibility index (Phi) is 3.34. The Hall–Kier alpha value is -2.67. The Bertz CT molecular complexity index is 909. The molecule has 3 aliphatic rings. The first kappa shape index (κ1) is 14.7. The average Bonchev–Trinajstić information content (AvgIpc) is 3.32. The zero-order chi connectivity index (χ0) is 16.8. The molecule has 2 aromatic heterocycles. The molecule has 2 bridgehead atoms. The van der Waals surface area contributed by atoms with Crippen LogP contribution in [-0.4, -0.2) is 51.7 Å². The SMILES string of the molecule is O=C(NC1CN2CCC1CC2)c1n[nH]c2cc(-c3ncco3)ccc12. The predicted molar refractivity (Wildman–Crippen MR) is 92.0 cm³/mol. The summed E-state index contributed by atoms with van der Waals surface area (Å²) in [5.74, 6) is 1.04. The molecule has 0 spiro atoms. The van der Waals surface area contributed by atoms with Gasteiger partial charge in [0.1, 0.15) is 6.26 Å². The lowest BCUT2D eigenvalue weighted by atomic mass is 9.84. The van der Waals surface area contributed by atoms with Gasteiger partial charge >= 0.3 is 0 Å². The summed E-state index contributed by atoms with van der Waals surface area (Å²) in [5, 5.41) is 11.2. The maximum atomic E-state index is 12.7. The molecule has 0 aliphatic carbocycles. The second kappa shape index (κ2) is 5.70. The van der Waals surface area contributed by atoms with Gasteiger partial charge in [0, 0.05) is 23.5 Å². The lowest BCUT2D eigenvalue weighted by Gasteiger charge is -2.44. The normalized spacial score (nSPS) is 25.4. The monoisotopic (exact) mass is 337 g/mol. The van der Waals surface area contributed by atoms with Crippen LogP contribution in [0.3, 0.4) is 0 Å². The van der Waals surface area contributed by atoms with E-state index in [9.17, 15) is 4.79 Å². The standard InChI is InChI=1S/C18H19N5O2/c24-17(20-15-10-23-6-3-11(15)4-7-23)16-13-2-1-12(9-14(13)21-22-16)18-19-5-8-25-18/h1-2,5,8-9,11,15H,3-4,6-7,10H2,(H,20,24)(H,21,22). The van der Waals surface area contributed by atoms with Gasteiger partial charge in [-0.1, -0.05) is 0 Å². The van der Waals surface area contributed by atoms with Crippen molar-refractivity contribution in [3.63, 3.8) is 0 Å². The largest absolute Gasteiger partial charge is 0.445 e. The summed E-state index contributed by atoms with van der Waals surface area (Å²) in [7, 11) is 0. The number of aromatic amines is 1. The Labute approximate surface area is 144 Å². The highest BCUT2D eigenvalue weighted by atomic mass is 16.3. The van der Waals surface area contributed by atoms with Gasteiger partial charge in [0.2, 0.25) is 5.89 Å². The van der Waals surface area contributed by atoms with Crippen molar-refractivity contribution in [2.45, 2.75) is 18.9 Å². The summed E-state index contributed by atoms with van der Waals surface area (Å²) in [4.78, 5) is 19.3. The average molecular weight is 337 g/mol. The van der Waals surface area contributed by atoms with Crippen molar-refractivity contribution in [1.82, 2.24) is 25.4 Å². The molecular formula is C18H19N5O2. The van der Waals surface area contributed by atoms with Crippen LogP contribution >= 0.6 is 0 Å². The number of benzene rings is 1. The number of H-pyrrole nitrogens is 1. The third-order valence-electron chi connectivity index (χ3n) is 5.43. The number of piperidine rings is 3. The lowest BCUT2D eigenvalue weighted by Crippen LogP contribution is -2.57. The van der Waals surface area contributed by atoms with Crippen molar-refractivity contribution in [2.75, 3.05) is 19.6 Å². The Balaban J connectivity index is 1.40. The van der Waals surface area contributed by atoms with Crippen LogP contribution in [0.1, 0.15) is 23.3 Å². The molecule has 1 atom stereocenters. The molecule has 3 aliphatic heterocycles. The molecule has 7 nitrogen and oxygen atoms in total. The van der Waals surface area contributed by atoms with Crippen LogP contribution in [0.15, 0.2) is 35.1 Å². The van der Waals surface area contributed by atoms with Crippen LogP contribution < -0.4 is 5.32 Å². The maximum absolute atomic E-state index is 12.7. The number of fused-ring (bicyclic) bond motifs is 4. The number of carbonyl (C=O) groups excluding carboxylic acids is 1. The van der Waals surface area contributed by atoms with Crippen LogP contribution in [0.5, 0.6) is 0 Å². The third-order valence-corrected chi connectivity index (χ3v) is 5.43. The highest BCUT2D eigenvalue weighted by Crippen LogP contribution is 2.28. The molecule has 0 radical (unpaired) electrons. The van der Waals surface area contributed by atoms with Gasteiger partial charge in [-0.25, -0.2) is 4.98 Å². The third kappa shape index (κ3) is 2.51. The molecule has 3 saturated heterocycles. The number of rotatable bonds is 3. The number of hydrogen-bond donors (Lipinski definition) is 2. The van der Waals surface area contributed by atoms with Crippen LogP contribution in [0.4, 0.5) is 0 Å². The van der Waals surface area contributed by atoms with Crippen LogP contribution in [0, 0.1) is 5.92 Å². The minimum absolute atomic E-state index is 0.103. The lowest BCUT2D eigenvalue weighted by molar-refractivity contribution is 0.0618. The topological polar surface area (TPSA) is 87.0 Å². The fraction of sp³-hybridized carbons (Fsp3) is 0.389. The summed E-state index contributed by atoms with van der Waals surface area (Å²) < 4.78 is 5.32. The minimum atomic E-state index is -0.103. The van der Waals surface area contributed by atoms with Crippen molar-refractivity contribution in [3.05, 3.63) is 36.4 Å². The van der Waals surface area contributed by atoms with Crippen molar-refractivity contribution < 1.29 is 9.21 Å². The highest BCUT2D eigenvalue weighted by molar-refractivity contribution is 6.05. The molecule has 1 aromatic carbocycles. The Morgan fingerprint density at radius 3 is 2.92 bits per heavy atom. The van der Waals surface area contributed by atoms with Crippen molar-refractivity contribution in [1.29, 1.82) is 0 Å². The van der Waals surface area contributed by atoms with Gasteiger partial charge in [0.05, 0.1) is 11.7 Å². The van der Waals surface area contributed by atoms with Gasteiger partial charge in [-0.05, 0) is 50.0 Å². The summed E-state index contributed by atoms with van der Waals surface area (Å²) in [5.41, 5.74) is 2.10. The minimum Gasteiger partial charge on any atom is -0.445 e. The second-order valence-electron chi connectivity index (χ2n) is 6.89. The number of carbonyl (C=O) groups is 1. The second-order valence-corrected chi connectivity index (χ2v) is 6.89. The molecule has 25 heavy (non-hydrogen) atoms. The van der Waals surface area contributed by atoms with Gasteiger partial charge in [0.15, 0.2) is 5.69 Å². The fourth-order valence-corrected chi connectivity index (χ4v) is 4.06. The smallest absolute Gasteiger partial charge is 0.272 e. The van der Waals surface area contributed by atoms with E-state index in [4.69, 9.17) is 4.42 Å². The van der Waals surface area contributed by atoms with E-state index < -0.39 is 0 Å². The molecule has 1 unspecified atom stereocenters. The Morgan fingerprint density at radius 2 is 2.20 bits per heavy atom. The number of amides is 1. The van der Waals surface area contributed by atoms with E-state index in [1.54, 1.807) is 12.5 Å². The molecule has 7 heteroatoms. The molecular weight excluding hydrogens is 318 g/mol. The summed E-state index contributed by atoms with van der Waals surface area (Å²) in [6.07, 6.45) is 5.50. The highest BCUT2D eigenvalue weighted by Gasteiger charge is 2.35. The summed E-state index contributed by atoms with van der Waals surface area (Å²) >= 11 is 0. The quantitative estimate of drug-likeness (QED) is 0.764. The van der Waals surface area contributed by atoms with Gasteiger partial charge in [-0.3, -0.25) is 9.89 Å². The van der Waals surface area contributed by atoms with E-state index in [2.05, 4.69) is 25.4 Å². The van der Waals surface area contributed by atoms with E-state index in [0.717, 1.165) is 36.1 Å². The molecule has 1 amide bonds. The summed E-state index contributed by atoms with van der Waals surface area (Å²) in [6, 6.07) is 5.92. The molecule has 2 N–H and O–H groups in total. The van der Waals surface area contributed by atoms with Crippen LogP contribution in [-0.2, 0) is 0 Å². The molecule has 3 aromatic rings. The maximum Gasteiger partial charge on any atom is 0.272 e.